The summed E-state index contributed by atoms with van der Waals surface area (Å²) in [6, 6.07) is 7.85. The second-order valence-electron chi connectivity index (χ2n) is 8.93. The Bertz CT molecular complexity index is 590. The minimum absolute atomic E-state index is 0.546. The molecule has 0 radical (unpaired) electrons. The van der Waals surface area contributed by atoms with Gasteiger partial charge in [-0.1, -0.05) is 31.4 Å². The summed E-state index contributed by atoms with van der Waals surface area (Å²) in [5.41, 5.74) is 7.70. The Morgan fingerprint density at radius 1 is 0.929 bits per heavy atom. The van der Waals surface area contributed by atoms with E-state index in [0.717, 1.165) is 30.8 Å². The predicted octanol–water partition coefficient (Wildman–Crippen LogP) is 4.81. The molecule has 5 heteroatoms. The summed E-state index contributed by atoms with van der Waals surface area (Å²) in [6.07, 6.45) is 12.2. The van der Waals surface area contributed by atoms with Gasteiger partial charge in [-0.05, 0) is 68.4 Å². The highest BCUT2D eigenvalue weighted by atomic mass is 16.8. The van der Waals surface area contributed by atoms with Crippen molar-refractivity contribution >= 4 is 5.69 Å². The van der Waals surface area contributed by atoms with Crippen molar-refractivity contribution in [2.24, 2.45) is 23.5 Å². The molecule has 0 amide bonds. The van der Waals surface area contributed by atoms with Gasteiger partial charge in [-0.2, -0.15) is 0 Å². The fourth-order valence-corrected chi connectivity index (χ4v) is 5.04. The normalized spacial score (nSPS) is 23.7. The van der Waals surface area contributed by atoms with Gasteiger partial charge in [-0.15, -0.1) is 0 Å². The molecule has 1 aromatic carbocycles. The average molecular weight is 389 g/mol. The summed E-state index contributed by atoms with van der Waals surface area (Å²) < 4.78 is 0. The number of hydrogen-bond donors (Lipinski definition) is 1. The van der Waals surface area contributed by atoms with Crippen molar-refractivity contribution in [2.75, 3.05) is 26.7 Å². The van der Waals surface area contributed by atoms with E-state index in [1.807, 2.05) is 12.1 Å². The highest BCUT2D eigenvalue weighted by Crippen LogP contribution is 2.31. The van der Waals surface area contributed by atoms with Gasteiger partial charge in [0.1, 0.15) is 0 Å². The monoisotopic (exact) mass is 388 g/mol. The van der Waals surface area contributed by atoms with Gasteiger partial charge in [0.2, 0.25) is 0 Å². The van der Waals surface area contributed by atoms with Crippen LogP contribution in [0.2, 0.25) is 0 Å². The Balaban J connectivity index is 1.60. The molecule has 0 unspecified atom stereocenters. The standard InChI is InChI=1S/C23H38N3O2/c1-28-26(27)23-13-11-22(12-14-23)18-25(16-20-5-3-2-4-6-20)17-21-9-7-19(15-24)8-10-21/h11-14,19-21H,2-10,15-18,24H2,1H3/q+1. The fourth-order valence-electron chi connectivity index (χ4n) is 5.04. The SMILES string of the molecule is CO[N+](=O)c1ccc(CN(CC2CCCCC2)CC2CCC(CN)CC2)cc1. The van der Waals surface area contributed by atoms with Gasteiger partial charge < -0.3 is 5.73 Å². The van der Waals surface area contributed by atoms with Crippen LogP contribution >= 0.6 is 0 Å². The van der Waals surface area contributed by atoms with Crippen molar-refractivity contribution in [1.82, 2.24) is 4.90 Å². The number of rotatable bonds is 9. The molecule has 28 heavy (non-hydrogen) atoms. The van der Waals surface area contributed by atoms with Crippen LogP contribution in [0.4, 0.5) is 5.69 Å². The number of benzene rings is 1. The van der Waals surface area contributed by atoms with E-state index < -0.39 is 0 Å². The lowest BCUT2D eigenvalue weighted by Gasteiger charge is -2.35. The summed E-state index contributed by atoms with van der Waals surface area (Å²) in [4.78, 5) is 19.6. The van der Waals surface area contributed by atoms with Crippen LogP contribution in [0.5, 0.6) is 0 Å². The van der Waals surface area contributed by atoms with Crippen molar-refractivity contribution in [3.05, 3.63) is 34.7 Å². The third-order valence-corrected chi connectivity index (χ3v) is 6.78. The maximum atomic E-state index is 11.6. The number of nitrogens with zero attached hydrogens (tertiary/aromatic N) is 2. The van der Waals surface area contributed by atoms with E-state index in [-0.39, 0.29) is 0 Å². The van der Waals surface area contributed by atoms with Gasteiger partial charge in [-0.25, -0.2) is 4.84 Å². The molecule has 0 atom stereocenters. The highest BCUT2D eigenvalue weighted by molar-refractivity contribution is 5.32. The zero-order chi connectivity index (χ0) is 19.8. The van der Waals surface area contributed by atoms with Gasteiger partial charge in [0.05, 0.1) is 4.91 Å². The van der Waals surface area contributed by atoms with Gasteiger partial charge in [0.15, 0.2) is 7.11 Å². The van der Waals surface area contributed by atoms with E-state index in [4.69, 9.17) is 10.6 Å². The second kappa shape index (κ2) is 10.9. The first-order chi connectivity index (χ1) is 13.7. The lowest BCUT2D eigenvalue weighted by Crippen LogP contribution is -2.36. The third kappa shape index (κ3) is 6.28. The second-order valence-corrected chi connectivity index (χ2v) is 8.93. The molecule has 2 fully saturated rings. The summed E-state index contributed by atoms with van der Waals surface area (Å²) in [6.45, 7) is 4.23. The molecule has 156 valence electrons. The van der Waals surface area contributed by atoms with Gasteiger partial charge in [0, 0.05) is 31.8 Å². The highest BCUT2D eigenvalue weighted by Gasteiger charge is 2.24. The van der Waals surface area contributed by atoms with Gasteiger partial charge >= 0.3 is 5.69 Å². The van der Waals surface area contributed by atoms with E-state index in [9.17, 15) is 4.91 Å². The Morgan fingerprint density at radius 2 is 1.50 bits per heavy atom. The minimum atomic E-state index is 0.546. The molecule has 2 saturated carbocycles. The fraction of sp³-hybridized carbons (Fsp3) is 0.739. The third-order valence-electron chi connectivity index (χ3n) is 6.78. The first-order valence-corrected chi connectivity index (χ1v) is 11.2. The van der Waals surface area contributed by atoms with Crippen LogP contribution in [0.15, 0.2) is 24.3 Å². The lowest BCUT2D eigenvalue weighted by atomic mass is 9.81. The molecule has 0 heterocycles. The van der Waals surface area contributed by atoms with E-state index in [1.165, 1.54) is 83.6 Å². The zero-order valence-electron chi connectivity index (χ0n) is 17.5. The maximum Gasteiger partial charge on any atom is 0.316 e. The van der Waals surface area contributed by atoms with Gasteiger partial charge in [0.25, 0.3) is 4.92 Å². The Labute approximate surface area is 170 Å². The number of hydrogen-bond acceptors (Lipinski definition) is 4. The van der Waals surface area contributed by atoms with Crippen molar-refractivity contribution in [1.29, 1.82) is 0 Å². The van der Waals surface area contributed by atoms with E-state index >= 15 is 0 Å². The van der Waals surface area contributed by atoms with Crippen LogP contribution in [-0.4, -0.2) is 36.6 Å². The van der Waals surface area contributed by atoms with Crippen LogP contribution in [0.1, 0.15) is 63.4 Å². The van der Waals surface area contributed by atoms with Crippen molar-refractivity contribution < 1.29 is 9.76 Å². The zero-order valence-corrected chi connectivity index (χ0v) is 17.5. The quantitative estimate of drug-likeness (QED) is 0.617. The maximum absolute atomic E-state index is 11.6. The van der Waals surface area contributed by atoms with E-state index in [0.29, 0.717) is 10.6 Å². The molecule has 5 nitrogen and oxygen atoms in total. The molecular weight excluding hydrogens is 350 g/mol. The molecule has 1 aromatic rings. The van der Waals surface area contributed by atoms with Crippen molar-refractivity contribution in [2.45, 2.75) is 64.3 Å². The largest absolute Gasteiger partial charge is 0.330 e. The first kappa shape index (κ1) is 21.3. The Hall–Kier alpha value is -1.46. The predicted molar refractivity (Wildman–Crippen MR) is 113 cm³/mol. The molecule has 2 aliphatic rings. The van der Waals surface area contributed by atoms with Crippen LogP contribution in [0, 0.1) is 22.7 Å². The summed E-state index contributed by atoms with van der Waals surface area (Å²) in [5.74, 6) is 2.39. The molecule has 0 saturated heterocycles. The summed E-state index contributed by atoms with van der Waals surface area (Å²) in [7, 11) is 1.40. The summed E-state index contributed by atoms with van der Waals surface area (Å²) in [5, 5.41) is 0. The molecule has 0 aromatic heterocycles. The molecule has 2 N–H and O–H groups in total. The van der Waals surface area contributed by atoms with E-state index in [2.05, 4.69) is 17.0 Å². The van der Waals surface area contributed by atoms with Crippen LogP contribution in [0.25, 0.3) is 0 Å². The molecule has 3 rings (SSSR count). The van der Waals surface area contributed by atoms with Crippen LogP contribution < -0.4 is 5.73 Å². The lowest BCUT2D eigenvalue weighted by molar-refractivity contribution is -0.736. The molecule has 0 spiro atoms. The van der Waals surface area contributed by atoms with Crippen molar-refractivity contribution in [3.63, 3.8) is 0 Å². The average Bonchev–Trinajstić information content (AvgIpc) is 2.75. The van der Waals surface area contributed by atoms with Crippen LogP contribution in [-0.2, 0) is 11.4 Å². The van der Waals surface area contributed by atoms with E-state index in [1.54, 1.807) is 0 Å². The Kier molecular flexibility index (Phi) is 8.28. The topological polar surface area (TPSA) is 58.6 Å². The summed E-state index contributed by atoms with van der Waals surface area (Å²) >= 11 is 0. The first-order valence-electron chi connectivity index (χ1n) is 11.2. The smallest absolute Gasteiger partial charge is 0.316 e. The van der Waals surface area contributed by atoms with Crippen LogP contribution in [0.3, 0.4) is 0 Å². The molecule has 2 aliphatic carbocycles. The number of nitrogens with two attached hydrogens (primary N) is 1. The van der Waals surface area contributed by atoms with Crippen molar-refractivity contribution in [3.8, 4) is 0 Å². The minimum Gasteiger partial charge on any atom is -0.330 e. The Morgan fingerprint density at radius 3 is 2.07 bits per heavy atom. The molecule has 0 bridgehead atoms. The van der Waals surface area contributed by atoms with Gasteiger partial charge in [-0.3, -0.25) is 4.90 Å². The molecule has 0 aliphatic heterocycles. The molecular formula is C23H38N3O2+.